The highest BCUT2D eigenvalue weighted by atomic mass is 19.1. The molecular weight excluding hydrogens is 255 g/mol. The molecule has 0 atom stereocenters. The van der Waals surface area contributed by atoms with Gasteiger partial charge in [-0.2, -0.15) is 0 Å². The molecule has 2 aromatic rings. The number of hydrogen-bond acceptors (Lipinski definition) is 2. The lowest BCUT2D eigenvalue weighted by Gasteiger charge is -2.18. The molecule has 0 fully saturated rings. The highest BCUT2D eigenvalue weighted by Crippen LogP contribution is 2.30. The summed E-state index contributed by atoms with van der Waals surface area (Å²) in [6.45, 7) is 7.10. The zero-order valence-corrected chi connectivity index (χ0v) is 12.2. The average molecular weight is 274 g/mol. The maximum Gasteiger partial charge on any atom is 0.133 e. The number of ether oxygens (including phenoxy) is 1. The highest BCUT2D eigenvalue weighted by Gasteiger charge is 2.15. The molecule has 0 saturated carbocycles. The van der Waals surface area contributed by atoms with Crippen molar-refractivity contribution in [3.63, 3.8) is 0 Å². The molecule has 106 valence electrons. The number of hydrogen-bond donors (Lipinski definition) is 1. The zero-order valence-electron chi connectivity index (χ0n) is 12.2. The van der Waals surface area contributed by atoms with Crippen LogP contribution in [0.15, 0.2) is 36.4 Å². The van der Waals surface area contributed by atoms with Crippen molar-refractivity contribution in [1.82, 2.24) is 0 Å². The van der Waals surface area contributed by atoms with Gasteiger partial charge >= 0.3 is 0 Å². The van der Waals surface area contributed by atoms with Gasteiger partial charge in [0.1, 0.15) is 17.3 Å². The van der Waals surface area contributed by atoms with Crippen LogP contribution < -0.4 is 4.74 Å². The summed E-state index contributed by atoms with van der Waals surface area (Å²) in [6, 6.07) is 10.2. The van der Waals surface area contributed by atoms with E-state index in [0.717, 1.165) is 16.7 Å². The van der Waals surface area contributed by atoms with Crippen LogP contribution in [0.5, 0.6) is 11.5 Å². The van der Waals surface area contributed by atoms with Gasteiger partial charge in [-0.1, -0.05) is 12.1 Å². The van der Waals surface area contributed by atoms with Crippen LogP contribution in [0.3, 0.4) is 0 Å². The first-order valence-electron chi connectivity index (χ1n) is 6.55. The van der Waals surface area contributed by atoms with Crippen LogP contribution in [-0.4, -0.2) is 5.11 Å². The Morgan fingerprint density at radius 2 is 1.50 bits per heavy atom. The molecule has 3 heteroatoms. The Morgan fingerprint density at radius 1 is 1.00 bits per heavy atom. The van der Waals surface area contributed by atoms with E-state index in [9.17, 15) is 9.50 Å². The van der Waals surface area contributed by atoms with Crippen LogP contribution in [0.1, 0.15) is 30.5 Å². The summed E-state index contributed by atoms with van der Waals surface area (Å²) in [5, 5.41) is 9.91. The van der Waals surface area contributed by atoms with Gasteiger partial charge < -0.3 is 9.84 Å². The summed E-state index contributed by atoms with van der Waals surface area (Å²) in [7, 11) is 0. The molecule has 0 amide bonds. The number of benzene rings is 2. The molecule has 0 saturated heterocycles. The highest BCUT2D eigenvalue weighted by molar-refractivity contribution is 5.44. The van der Waals surface area contributed by atoms with Gasteiger partial charge in [-0.05, 0) is 68.7 Å². The molecule has 2 nitrogen and oxygen atoms in total. The third kappa shape index (κ3) is 3.17. The molecule has 0 bridgehead atoms. The molecule has 2 rings (SSSR count). The van der Waals surface area contributed by atoms with Gasteiger partial charge in [-0.3, -0.25) is 0 Å². The maximum atomic E-state index is 13.2. The molecule has 0 aliphatic rings. The van der Waals surface area contributed by atoms with Crippen LogP contribution >= 0.6 is 0 Å². The second-order valence-electron chi connectivity index (χ2n) is 5.55. The zero-order chi connectivity index (χ0) is 14.9. The molecule has 20 heavy (non-hydrogen) atoms. The number of halogens is 1. The molecule has 0 aromatic heterocycles. The predicted octanol–water partition coefficient (Wildman–Crippen LogP) is 4.46. The van der Waals surface area contributed by atoms with Crippen LogP contribution in [0.25, 0.3) is 0 Å². The fourth-order valence-electron chi connectivity index (χ4n) is 2.11. The van der Waals surface area contributed by atoms with E-state index in [1.54, 1.807) is 26.0 Å². The fourth-order valence-corrected chi connectivity index (χ4v) is 2.11. The number of aliphatic hydroxyl groups is 1. The Labute approximate surface area is 118 Å². The first-order valence-corrected chi connectivity index (χ1v) is 6.55. The molecule has 0 radical (unpaired) electrons. The van der Waals surface area contributed by atoms with Gasteiger partial charge in [0.2, 0.25) is 0 Å². The Bertz CT molecular complexity index is 587. The topological polar surface area (TPSA) is 29.5 Å². The monoisotopic (exact) mass is 274 g/mol. The first-order chi connectivity index (χ1) is 9.27. The summed E-state index contributed by atoms with van der Waals surface area (Å²) in [5.74, 6) is 1.07. The molecule has 2 aromatic carbocycles. The fraction of sp³-hybridized carbons (Fsp3) is 0.294. The maximum absolute atomic E-state index is 13.2. The third-order valence-corrected chi connectivity index (χ3v) is 3.21. The summed E-state index contributed by atoms with van der Waals surface area (Å²) in [5.41, 5.74) is 1.46. The van der Waals surface area contributed by atoms with E-state index in [2.05, 4.69) is 0 Å². The minimum Gasteiger partial charge on any atom is -0.457 e. The van der Waals surface area contributed by atoms with Crippen LogP contribution in [-0.2, 0) is 5.60 Å². The smallest absolute Gasteiger partial charge is 0.133 e. The van der Waals surface area contributed by atoms with Crippen molar-refractivity contribution < 1.29 is 14.2 Å². The van der Waals surface area contributed by atoms with Gasteiger partial charge in [0.25, 0.3) is 0 Å². The van der Waals surface area contributed by atoms with Crippen molar-refractivity contribution in [2.24, 2.45) is 0 Å². The molecule has 0 aliphatic heterocycles. The molecule has 0 heterocycles. The van der Waals surface area contributed by atoms with Crippen LogP contribution in [0, 0.1) is 19.7 Å². The summed E-state index contributed by atoms with van der Waals surface area (Å²) in [6.07, 6.45) is 0. The van der Waals surface area contributed by atoms with Gasteiger partial charge in [-0.15, -0.1) is 0 Å². The Balaban J connectivity index is 2.27. The molecule has 0 spiro atoms. The van der Waals surface area contributed by atoms with Crippen molar-refractivity contribution in [1.29, 1.82) is 0 Å². The number of aryl methyl sites for hydroxylation is 2. The minimum absolute atomic E-state index is 0.260. The van der Waals surface area contributed by atoms with E-state index in [4.69, 9.17) is 4.74 Å². The predicted molar refractivity (Wildman–Crippen MR) is 77.6 cm³/mol. The van der Waals surface area contributed by atoms with Crippen molar-refractivity contribution in [3.8, 4) is 11.5 Å². The van der Waals surface area contributed by atoms with Gasteiger partial charge in [-0.25, -0.2) is 4.39 Å². The SMILES string of the molecule is Cc1cc(F)cc(C)c1Oc1ccc(C(C)(C)O)cc1. The molecular formula is C17H19FO2. The lowest BCUT2D eigenvalue weighted by Crippen LogP contribution is -2.14. The molecule has 1 N–H and O–H groups in total. The van der Waals surface area contributed by atoms with E-state index in [1.165, 1.54) is 12.1 Å². The van der Waals surface area contributed by atoms with Gasteiger partial charge in [0.05, 0.1) is 5.60 Å². The Kier molecular flexibility index (Phi) is 3.82. The summed E-state index contributed by atoms with van der Waals surface area (Å²) < 4.78 is 19.1. The second-order valence-corrected chi connectivity index (χ2v) is 5.55. The molecule has 0 aliphatic carbocycles. The Morgan fingerprint density at radius 3 is 1.95 bits per heavy atom. The van der Waals surface area contributed by atoms with Gasteiger partial charge in [0, 0.05) is 0 Å². The largest absolute Gasteiger partial charge is 0.457 e. The van der Waals surface area contributed by atoms with E-state index in [-0.39, 0.29) is 5.82 Å². The first kappa shape index (κ1) is 14.5. The number of rotatable bonds is 3. The van der Waals surface area contributed by atoms with E-state index < -0.39 is 5.60 Å². The minimum atomic E-state index is -0.875. The average Bonchev–Trinajstić information content (AvgIpc) is 2.33. The van der Waals surface area contributed by atoms with E-state index in [0.29, 0.717) is 11.5 Å². The lowest BCUT2D eigenvalue weighted by atomic mass is 9.99. The Hall–Kier alpha value is -1.87. The summed E-state index contributed by atoms with van der Waals surface area (Å²) >= 11 is 0. The second kappa shape index (κ2) is 5.25. The van der Waals surface area contributed by atoms with Crippen LogP contribution in [0.4, 0.5) is 4.39 Å². The summed E-state index contributed by atoms with van der Waals surface area (Å²) in [4.78, 5) is 0. The molecule has 0 unspecified atom stereocenters. The van der Waals surface area contributed by atoms with Crippen molar-refractivity contribution >= 4 is 0 Å². The van der Waals surface area contributed by atoms with E-state index >= 15 is 0 Å². The third-order valence-electron chi connectivity index (χ3n) is 3.21. The van der Waals surface area contributed by atoms with Crippen molar-refractivity contribution in [3.05, 3.63) is 58.9 Å². The standard InChI is InChI=1S/C17H19FO2/c1-11-9-14(18)10-12(2)16(11)20-15-7-5-13(6-8-15)17(3,4)19/h5-10,19H,1-4H3. The van der Waals surface area contributed by atoms with Crippen molar-refractivity contribution in [2.45, 2.75) is 33.3 Å². The van der Waals surface area contributed by atoms with Gasteiger partial charge in [0.15, 0.2) is 0 Å². The lowest BCUT2D eigenvalue weighted by molar-refractivity contribution is 0.0785. The normalized spacial score (nSPS) is 11.5. The quantitative estimate of drug-likeness (QED) is 0.895. The van der Waals surface area contributed by atoms with Crippen LogP contribution in [0.2, 0.25) is 0 Å². The van der Waals surface area contributed by atoms with Crippen molar-refractivity contribution in [2.75, 3.05) is 0 Å². The van der Waals surface area contributed by atoms with E-state index in [1.807, 2.05) is 26.0 Å².